The van der Waals surface area contributed by atoms with E-state index < -0.39 is 5.54 Å². The number of carbonyl (C=O) groups excluding carboxylic acids is 1. The lowest BCUT2D eigenvalue weighted by atomic mass is 9.93. The van der Waals surface area contributed by atoms with Crippen molar-refractivity contribution in [2.45, 2.75) is 32.2 Å². The summed E-state index contributed by atoms with van der Waals surface area (Å²) in [4.78, 5) is 12.0. The average Bonchev–Trinajstić information content (AvgIpc) is 2.32. The summed E-state index contributed by atoms with van der Waals surface area (Å²) in [5.74, 6) is -0.170. The van der Waals surface area contributed by atoms with E-state index in [2.05, 4.69) is 21.2 Å². The summed E-state index contributed by atoms with van der Waals surface area (Å²) in [6.45, 7) is 3.81. The van der Waals surface area contributed by atoms with Crippen LogP contribution in [0.4, 0.5) is 5.69 Å². The SMILES string of the molecule is CCC(N)(CC)C(=O)Nc1ccc(Cl)c(Br)c1. The molecule has 17 heavy (non-hydrogen) atoms. The van der Waals surface area contributed by atoms with Gasteiger partial charge in [-0.05, 0) is 47.0 Å². The molecular weight excluding hydrogens is 304 g/mol. The first-order valence-corrected chi connectivity index (χ1v) is 6.65. The number of hydrogen-bond donors (Lipinski definition) is 2. The summed E-state index contributed by atoms with van der Waals surface area (Å²) >= 11 is 9.18. The fraction of sp³-hybridized carbons (Fsp3) is 0.417. The monoisotopic (exact) mass is 318 g/mol. The Hall–Kier alpha value is -0.580. The second-order valence-electron chi connectivity index (χ2n) is 3.95. The molecule has 0 bridgehead atoms. The normalized spacial score (nSPS) is 11.4. The fourth-order valence-corrected chi connectivity index (χ4v) is 1.90. The third-order valence-corrected chi connectivity index (χ3v) is 4.11. The van der Waals surface area contributed by atoms with Crippen LogP contribution in [0.3, 0.4) is 0 Å². The summed E-state index contributed by atoms with van der Waals surface area (Å²) < 4.78 is 0.743. The van der Waals surface area contributed by atoms with Crippen molar-refractivity contribution in [2.24, 2.45) is 5.73 Å². The number of carbonyl (C=O) groups is 1. The van der Waals surface area contributed by atoms with Gasteiger partial charge in [-0.15, -0.1) is 0 Å². The van der Waals surface area contributed by atoms with E-state index in [1.54, 1.807) is 18.2 Å². The molecule has 1 aromatic carbocycles. The van der Waals surface area contributed by atoms with Crippen molar-refractivity contribution >= 4 is 39.1 Å². The Balaban J connectivity index is 2.84. The van der Waals surface area contributed by atoms with Crippen LogP contribution >= 0.6 is 27.5 Å². The number of halogens is 2. The van der Waals surface area contributed by atoms with Gasteiger partial charge in [0.25, 0.3) is 0 Å². The molecule has 94 valence electrons. The van der Waals surface area contributed by atoms with Crippen LogP contribution < -0.4 is 11.1 Å². The second kappa shape index (κ2) is 5.85. The maximum absolute atomic E-state index is 12.0. The molecule has 0 heterocycles. The molecule has 0 aliphatic heterocycles. The van der Waals surface area contributed by atoms with Crippen LogP contribution in [0.2, 0.25) is 5.02 Å². The molecule has 0 saturated carbocycles. The zero-order valence-corrected chi connectivity index (χ0v) is 12.2. The zero-order chi connectivity index (χ0) is 13.1. The predicted octanol–water partition coefficient (Wildman–Crippen LogP) is 3.56. The van der Waals surface area contributed by atoms with Crippen LogP contribution in [0.25, 0.3) is 0 Å². The summed E-state index contributed by atoms with van der Waals surface area (Å²) in [7, 11) is 0. The molecule has 1 aromatic rings. The Morgan fingerprint density at radius 2 is 2.06 bits per heavy atom. The topological polar surface area (TPSA) is 55.1 Å². The number of rotatable bonds is 4. The van der Waals surface area contributed by atoms with E-state index >= 15 is 0 Å². The summed E-state index contributed by atoms with van der Waals surface area (Å²) in [5, 5.41) is 3.40. The van der Waals surface area contributed by atoms with Crippen LogP contribution in [0.15, 0.2) is 22.7 Å². The molecule has 0 fully saturated rings. The summed E-state index contributed by atoms with van der Waals surface area (Å²) in [6.07, 6.45) is 1.20. The van der Waals surface area contributed by atoms with E-state index in [1.165, 1.54) is 0 Å². The standard InChI is InChI=1S/C12H16BrClN2O/c1-3-12(15,4-2)11(17)16-8-5-6-10(14)9(13)7-8/h5-7H,3-4,15H2,1-2H3,(H,16,17). The molecule has 5 heteroatoms. The van der Waals surface area contributed by atoms with Gasteiger partial charge < -0.3 is 11.1 Å². The quantitative estimate of drug-likeness (QED) is 0.891. The lowest BCUT2D eigenvalue weighted by molar-refractivity contribution is -0.121. The number of nitrogens with two attached hydrogens (primary N) is 1. The summed E-state index contributed by atoms with van der Waals surface area (Å²) in [5.41, 5.74) is 5.88. The molecule has 1 amide bonds. The van der Waals surface area contributed by atoms with Gasteiger partial charge in [-0.2, -0.15) is 0 Å². The molecule has 0 aliphatic carbocycles. The highest BCUT2D eigenvalue weighted by atomic mass is 79.9. The van der Waals surface area contributed by atoms with E-state index in [9.17, 15) is 4.79 Å². The van der Waals surface area contributed by atoms with Crippen LogP contribution in [0.1, 0.15) is 26.7 Å². The van der Waals surface area contributed by atoms with Crippen LogP contribution in [-0.4, -0.2) is 11.4 Å². The molecule has 0 radical (unpaired) electrons. The van der Waals surface area contributed by atoms with E-state index in [1.807, 2.05) is 13.8 Å². The smallest absolute Gasteiger partial charge is 0.244 e. The molecule has 0 spiro atoms. The lowest BCUT2D eigenvalue weighted by Gasteiger charge is -2.25. The first-order chi connectivity index (χ1) is 7.92. The third kappa shape index (κ3) is 3.44. The molecule has 3 N–H and O–H groups in total. The van der Waals surface area contributed by atoms with Gasteiger partial charge in [-0.25, -0.2) is 0 Å². The molecular formula is C12H16BrClN2O. The molecule has 1 rings (SSSR count). The lowest BCUT2D eigenvalue weighted by Crippen LogP contribution is -2.50. The predicted molar refractivity (Wildman–Crippen MR) is 75.3 cm³/mol. The van der Waals surface area contributed by atoms with E-state index in [0.29, 0.717) is 23.6 Å². The third-order valence-electron chi connectivity index (χ3n) is 2.89. The van der Waals surface area contributed by atoms with Crippen molar-refractivity contribution in [3.8, 4) is 0 Å². The fourth-order valence-electron chi connectivity index (χ4n) is 1.40. The highest BCUT2D eigenvalue weighted by molar-refractivity contribution is 9.10. The molecule has 0 atom stereocenters. The van der Waals surface area contributed by atoms with Gasteiger partial charge in [0, 0.05) is 10.2 Å². The van der Waals surface area contributed by atoms with Crippen molar-refractivity contribution in [3.63, 3.8) is 0 Å². The van der Waals surface area contributed by atoms with Crippen molar-refractivity contribution < 1.29 is 4.79 Å². The molecule has 3 nitrogen and oxygen atoms in total. The molecule has 0 unspecified atom stereocenters. The van der Waals surface area contributed by atoms with Crippen molar-refractivity contribution in [1.82, 2.24) is 0 Å². The number of hydrogen-bond acceptors (Lipinski definition) is 2. The first-order valence-electron chi connectivity index (χ1n) is 5.48. The number of amides is 1. The number of benzene rings is 1. The Morgan fingerprint density at radius 3 is 2.53 bits per heavy atom. The van der Waals surface area contributed by atoms with E-state index in [0.717, 1.165) is 4.47 Å². The second-order valence-corrected chi connectivity index (χ2v) is 5.21. The van der Waals surface area contributed by atoms with E-state index in [-0.39, 0.29) is 5.91 Å². The molecule has 0 saturated heterocycles. The minimum atomic E-state index is -0.813. The Morgan fingerprint density at radius 1 is 1.47 bits per heavy atom. The maximum Gasteiger partial charge on any atom is 0.244 e. The average molecular weight is 320 g/mol. The Bertz CT molecular complexity index is 419. The van der Waals surface area contributed by atoms with Crippen LogP contribution in [0, 0.1) is 0 Å². The number of nitrogens with one attached hydrogen (secondary N) is 1. The Labute approximate surface area is 115 Å². The highest BCUT2D eigenvalue weighted by Crippen LogP contribution is 2.26. The Kier molecular flexibility index (Phi) is 4.98. The van der Waals surface area contributed by atoms with Gasteiger partial charge in [0.15, 0.2) is 0 Å². The van der Waals surface area contributed by atoms with Gasteiger partial charge >= 0.3 is 0 Å². The van der Waals surface area contributed by atoms with Crippen LogP contribution in [0.5, 0.6) is 0 Å². The van der Waals surface area contributed by atoms with Gasteiger partial charge in [0.05, 0.1) is 10.6 Å². The summed E-state index contributed by atoms with van der Waals surface area (Å²) in [6, 6.07) is 5.22. The minimum Gasteiger partial charge on any atom is -0.324 e. The highest BCUT2D eigenvalue weighted by Gasteiger charge is 2.29. The van der Waals surface area contributed by atoms with Gasteiger partial charge in [-0.3, -0.25) is 4.79 Å². The number of anilines is 1. The van der Waals surface area contributed by atoms with Gasteiger partial charge in [-0.1, -0.05) is 25.4 Å². The van der Waals surface area contributed by atoms with Crippen LogP contribution in [-0.2, 0) is 4.79 Å². The maximum atomic E-state index is 12.0. The van der Waals surface area contributed by atoms with Crippen molar-refractivity contribution in [3.05, 3.63) is 27.7 Å². The first kappa shape index (κ1) is 14.5. The zero-order valence-electron chi connectivity index (χ0n) is 9.89. The molecule has 0 aromatic heterocycles. The van der Waals surface area contributed by atoms with Crippen molar-refractivity contribution in [2.75, 3.05) is 5.32 Å². The largest absolute Gasteiger partial charge is 0.324 e. The minimum absolute atomic E-state index is 0.170. The van der Waals surface area contributed by atoms with E-state index in [4.69, 9.17) is 17.3 Å². The molecule has 0 aliphatic rings. The van der Waals surface area contributed by atoms with Gasteiger partial charge in [0.1, 0.15) is 0 Å². The van der Waals surface area contributed by atoms with Gasteiger partial charge in [0.2, 0.25) is 5.91 Å². The van der Waals surface area contributed by atoms with Crippen molar-refractivity contribution in [1.29, 1.82) is 0 Å².